The molecule has 10 heteroatoms. The van der Waals surface area contributed by atoms with E-state index >= 15 is 0 Å². The number of carbonyl (C=O) groups excluding carboxylic acids is 1. The molecule has 1 amide bonds. The summed E-state index contributed by atoms with van der Waals surface area (Å²) in [4.78, 5) is 20.2. The van der Waals surface area contributed by atoms with E-state index in [0.29, 0.717) is 18.3 Å². The highest BCUT2D eigenvalue weighted by Crippen LogP contribution is 2.13. The van der Waals surface area contributed by atoms with Gasteiger partial charge in [0.25, 0.3) is 5.91 Å². The van der Waals surface area contributed by atoms with Crippen LogP contribution in [0.2, 0.25) is 0 Å². The van der Waals surface area contributed by atoms with Crippen LogP contribution in [0.15, 0.2) is 21.5 Å². The third kappa shape index (κ3) is 5.44. The summed E-state index contributed by atoms with van der Waals surface area (Å²) in [7, 11) is 0. The Labute approximate surface area is 175 Å². The van der Waals surface area contributed by atoms with Gasteiger partial charge < -0.3 is 20.8 Å². The van der Waals surface area contributed by atoms with Crippen molar-refractivity contribution in [2.24, 2.45) is 10.7 Å². The van der Waals surface area contributed by atoms with Gasteiger partial charge in [-0.3, -0.25) is 4.79 Å². The van der Waals surface area contributed by atoms with E-state index < -0.39 is 5.91 Å². The van der Waals surface area contributed by atoms with Gasteiger partial charge >= 0.3 is 0 Å². The maximum atomic E-state index is 11.1. The third-order valence-corrected chi connectivity index (χ3v) is 4.20. The Hall–Kier alpha value is -2.11. The molecule has 0 saturated carbocycles. The van der Waals surface area contributed by atoms with Crippen LogP contribution in [0.4, 0.5) is 0 Å². The van der Waals surface area contributed by atoms with Gasteiger partial charge in [-0.25, -0.2) is 14.7 Å². The van der Waals surface area contributed by atoms with Crippen LogP contribution >= 0.6 is 24.0 Å². The van der Waals surface area contributed by atoms with Gasteiger partial charge in [0, 0.05) is 25.4 Å². The first-order valence-corrected chi connectivity index (χ1v) is 8.95. The Morgan fingerprint density at radius 3 is 2.93 bits per heavy atom. The number of nitrogens with zero attached hydrogens (tertiary/aromatic N) is 4. The number of halogens is 1. The SMILES string of the molecule is CCNC(=NCc1ccc(C(N)=O)o1)NC1CCc2nc(CC)nn2C1.I. The summed E-state index contributed by atoms with van der Waals surface area (Å²) in [5.41, 5.74) is 5.20. The molecule has 148 valence electrons. The quantitative estimate of drug-likeness (QED) is 0.320. The molecule has 9 nitrogen and oxygen atoms in total. The van der Waals surface area contributed by atoms with Gasteiger partial charge in [0.15, 0.2) is 17.5 Å². The molecule has 2 aromatic heterocycles. The lowest BCUT2D eigenvalue weighted by Gasteiger charge is -2.25. The largest absolute Gasteiger partial charge is 0.454 e. The van der Waals surface area contributed by atoms with Crippen molar-refractivity contribution < 1.29 is 9.21 Å². The zero-order chi connectivity index (χ0) is 18.5. The molecule has 0 radical (unpaired) electrons. The van der Waals surface area contributed by atoms with Gasteiger partial charge in [0.05, 0.1) is 6.54 Å². The zero-order valence-electron chi connectivity index (χ0n) is 15.6. The Morgan fingerprint density at radius 2 is 2.26 bits per heavy atom. The van der Waals surface area contributed by atoms with Crippen molar-refractivity contribution >= 4 is 35.8 Å². The highest BCUT2D eigenvalue weighted by molar-refractivity contribution is 14.0. The Balaban J connectivity index is 0.00000261. The first kappa shape index (κ1) is 21.2. The van der Waals surface area contributed by atoms with Crippen LogP contribution in [-0.2, 0) is 25.9 Å². The van der Waals surface area contributed by atoms with E-state index in [2.05, 4.69) is 32.6 Å². The fraction of sp³-hybridized carbons (Fsp3) is 0.529. The second-order valence-corrected chi connectivity index (χ2v) is 6.19. The van der Waals surface area contributed by atoms with Crippen molar-refractivity contribution in [1.29, 1.82) is 0 Å². The number of fused-ring (bicyclic) bond motifs is 1. The van der Waals surface area contributed by atoms with Crippen molar-refractivity contribution in [3.05, 3.63) is 35.3 Å². The Morgan fingerprint density at radius 1 is 1.44 bits per heavy atom. The predicted molar refractivity (Wildman–Crippen MR) is 112 cm³/mol. The molecule has 1 atom stereocenters. The van der Waals surface area contributed by atoms with E-state index in [0.717, 1.165) is 44.0 Å². The van der Waals surface area contributed by atoms with Crippen LogP contribution in [0.1, 0.15) is 48.2 Å². The molecular formula is C17H26IN7O2. The number of furan rings is 1. The minimum Gasteiger partial charge on any atom is -0.454 e. The van der Waals surface area contributed by atoms with Crippen LogP contribution in [0, 0.1) is 0 Å². The fourth-order valence-corrected chi connectivity index (χ4v) is 2.89. The summed E-state index contributed by atoms with van der Waals surface area (Å²) >= 11 is 0. The lowest BCUT2D eigenvalue weighted by Crippen LogP contribution is -2.47. The van der Waals surface area contributed by atoms with E-state index in [4.69, 9.17) is 10.2 Å². The standard InChI is InChI=1S/C17H25N7O2.HI/c1-3-14-22-15-8-5-11(10-24(15)23-14)21-17(19-4-2)20-9-12-6-7-13(26-12)16(18)25;/h6-7,11H,3-5,8-10H2,1-2H3,(H2,18,25)(H2,19,20,21);1H. The molecule has 2 aromatic rings. The lowest BCUT2D eigenvalue weighted by molar-refractivity contribution is 0.0972. The second kappa shape index (κ2) is 9.72. The van der Waals surface area contributed by atoms with Crippen LogP contribution < -0.4 is 16.4 Å². The van der Waals surface area contributed by atoms with Crippen LogP contribution in [0.25, 0.3) is 0 Å². The highest BCUT2D eigenvalue weighted by atomic mass is 127. The molecule has 1 aliphatic heterocycles. The topological polar surface area (TPSA) is 123 Å². The number of aliphatic imine (C=N–C) groups is 1. The maximum Gasteiger partial charge on any atom is 0.284 e. The van der Waals surface area contributed by atoms with Crippen molar-refractivity contribution in [1.82, 2.24) is 25.4 Å². The number of carbonyl (C=O) groups is 1. The average molecular weight is 487 g/mol. The van der Waals surface area contributed by atoms with Gasteiger partial charge in [0.2, 0.25) is 0 Å². The molecule has 0 bridgehead atoms. The highest BCUT2D eigenvalue weighted by Gasteiger charge is 2.22. The van der Waals surface area contributed by atoms with Crippen LogP contribution in [0.5, 0.6) is 0 Å². The summed E-state index contributed by atoms with van der Waals surface area (Å²) in [6.45, 7) is 5.91. The minimum atomic E-state index is -0.581. The number of primary amides is 1. The molecular weight excluding hydrogens is 461 g/mol. The van der Waals surface area contributed by atoms with E-state index in [1.165, 1.54) is 0 Å². The Kier molecular flexibility index (Phi) is 7.63. The fourth-order valence-electron chi connectivity index (χ4n) is 2.89. The Bertz CT molecular complexity index is 799. The summed E-state index contributed by atoms with van der Waals surface area (Å²) in [6, 6.07) is 3.50. The first-order chi connectivity index (χ1) is 12.6. The minimum absolute atomic E-state index is 0. The number of aromatic nitrogens is 3. The van der Waals surface area contributed by atoms with Gasteiger partial charge in [-0.1, -0.05) is 6.92 Å². The molecule has 3 rings (SSSR count). The van der Waals surface area contributed by atoms with Crippen molar-refractivity contribution in [3.63, 3.8) is 0 Å². The third-order valence-electron chi connectivity index (χ3n) is 4.20. The number of hydrogen-bond donors (Lipinski definition) is 3. The van der Waals surface area contributed by atoms with E-state index in [1.807, 2.05) is 11.6 Å². The second-order valence-electron chi connectivity index (χ2n) is 6.19. The van der Waals surface area contributed by atoms with E-state index in [9.17, 15) is 4.79 Å². The first-order valence-electron chi connectivity index (χ1n) is 8.95. The molecule has 0 spiro atoms. The zero-order valence-corrected chi connectivity index (χ0v) is 17.9. The number of nitrogens with one attached hydrogen (secondary N) is 2. The van der Waals surface area contributed by atoms with E-state index in [-0.39, 0.29) is 35.8 Å². The summed E-state index contributed by atoms with van der Waals surface area (Å²) in [5.74, 6) is 2.80. The smallest absolute Gasteiger partial charge is 0.284 e. The monoisotopic (exact) mass is 487 g/mol. The molecule has 27 heavy (non-hydrogen) atoms. The predicted octanol–water partition coefficient (Wildman–Crippen LogP) is 1.22. The van der Waals surface area contributed by atoms with Crippen molar-refractivity contribution in [2.75, 3.05) is 6.54 Å². The summed E-state index contributed by atoms with van der Waals surface area (Å²) in [5, 5.41) is 11.2. The molecule has 0 saturated heterocycles. The molecule has 0 aromatic carbocycles. The number of aryl methyl sites for hydroxylation is 2. The van der Waals surface area contributed by atoms with Crippen molar-refractivity contribution in [3.8, 4) is 0 Å². The number of hydrogen-bond acceptors (Lipinski definition) is 5. The molecule has 1 unspecified atom stereocenters. The number of guanidine groups is 1. The van der Waals surface area contributed by atoms with Gasteiger partial charge in [-0.15, -0.1) is 24.0 Å². The average Bonchev–Trinajstić information content (AvgIpc) is 3.26. The molecule has 1 aliphatic rings. The maximum absolute atomic E-state index is 11.1. The number of rotatable bonds is 6. The number of amides is 1. The molecule has 4 N–H and O–H groups in total. The van der Waals surface area contributed by atoms with Crippen LogP contribution in [-0.4, -0.2) is 39.2 Å². The van der Waals surface area contributed by atoms with Crippen molar-refractivity contribution in [2.45, 2.75) is 52.2 Å². The lowest BCUT2D eigenvalue weighted by atomic mass is 10.1. The van der Waals surface area contributed by atoms with E-state index in [1.54, 1.807) is 12.1 Å². The van der Waals surface area contributed by atoms with Gasteiger partial charge in [0.1, 0.15) is 18.1 Å². The normalized spacial score (nSPS) is 16.4. The summed E-state index contributed by atoms with van der Waals surface area (Å²) < 4.78 is 7.35. The summed E-state index contributed by atoms with van der Waals surface area (Å²) in [6.07, 6.45) is 2.71. The van der Waals surface area contributed by atoms with Crippen LogP contribution in [0.3, 0.4) is 0 Å². The number of nitrogens with two attached hydrogens (primary N) is 1. The molecule has 0 aliphatic carbocycles. The van der Waals surface area contributed by atoms with Gasteiger partial charge in [-0.05, 0) is 25.5 Å². The molecule has 0 fully saturated rings. The van der Waals surface area contributed by atoms with Gasteiger partial charge in [-0.2, -0.15) is 5.10 Å². The molecule has 3 heterocycles.